The molecular formula is C19H25N3O5. The third-order valence-electron chi connectivity index (χ3n) is 5.58. The van der Waals surface area contributed by atoms with Crippen LogP contribution in [0.5, 0.6) is 0 Å². The Balaban J connectivity index is 1.21. The lowest BCUT2D eigenvalue weighted by atomic mass is 10.2. The maximum atomic E-state index is 12.6. The van der Waals surface area contributed by atoms with Gasteiger partial charge in [0.25, 0.3) is 5.91 Å². The molecule has 0 aromatic carbocycles. The van der Waals surface area contributed by atoms with Crippen molar-refractivity contribution in [2.75, 3.05) is 39.3 Å². The van der Waals surface area contributed by atoms with E-state index in [0.717, 1.165) is 19.4 Å². The maximum absolute atomic E-state index is 12.6. The van der Waals surface area contributed by atoms with Crippen LogP contribution in [0, 0.1) is 11.8 Å². The number of nitrogens with zero attached hydrogens (tertiary/aromatic N) is 2. The molecule has 8 heteroatoms. The highest BCUT2D eigenvalue weighted by Gasteiger charge is 2.49. The van der Waals surface area contributed by atoms with Gasteiger partial charge in [-0.25, -0.2) is 0 Å². The van der Waals surface area contributed by atoms with E-state index in [1.165, 1.54) is 6.26 Å². The van der Waals surface area contributed by atoms with Gasteiger partial charge in [0.05, 0.1) is 24.2 Å². The van der Waals surface area contributed by atoms with Gasteiger partial charge in [-0.05, 0) is 31.4 Å². The first-order valence-corrected chi connectivity index (χ1v) is 9.64. The Labute approximate surface area is 157 Å². The summed E-state index contributed by atoms with van der Waals surface area (Å²) in [7, 11) is 0. The number of ether oxygens (including phenoxy) is 1. The summed E-state index contributed by atoms with van der Waals surface area (Å²) in [4.78, 5) is 40.6. The second-order valence-corrected chi connectivity index (χ2v) is 7.42. The summed E-state index contributed by atoms with van der Waals surface area (Å²) in [5.41, 5.74) is 0. The molecule has 1 aliphatic carbocycles. The molecule has 3 unspecified atom stereocenters. The van der Waals surface area contributed by atoms with Gasteiger partial charge in [0, 0.05) is 39.3 Å². The Kier molecular flexibility index (Phi) is 5.15. The zero-order chi connectivity index (χ0) is 18.8. The summed E-state index contributed by atoms with van der Waals surface area (Å²) >= 11 is 0. The van der Waals surface area contributed by atoms with E-state index in [-0.39, 0.29) is 35.7 Å². The number of nitrogens with one attached hydrogen (secondary N) is 1. The molecule has 3 aliphatic rings. The van der Waals surface area contributed by atoms with Crippen molar-refractivity contribution in [1.29, 1.82) is 0 Å². The quantitative estimate of drug-likeness (QED) is 0.809. The smallest absolute Gasteiger partial charge is 0.289 e. The molecule has 3 atom stereocenters. The van der Waals surface area contributed by atoms with Crippen LogP contribution in [0.3, 0.4) is 0 Å². The number of carbonyl (C=O) groups is 3. The van der Waals surface area contributed by atoms with Gasteiger partial charge in [-0.1, -0.05) is 0 Å². The van der Waals surface area contributed by atoms with Crippen LogP contribution in [0.2, 0.25) is 0 Å². The molecule has 1 N–H and O–H groups in total. The summed E-state index contributed by atoms with van der Waals surface area (Å²) in [5, 5.41) is 2.91. The molecular weight excluding hydrogens is 350 g/mol. The molecule has 27 heavy (non-hydrogen) atoms. The minimum Gasteiger partial charge on any atom is -0.459 e. The highest BCUT2D eigenvalue weighted by Crippen LogP contribution is 2.40. The first kappa shape index (κ1) is 18.0. The molecule has 0 radical (unpaired) electrons. The molecule has 1 saturated carbocycles. The van der Waals surface area contributed by atoms with E-state index in [0.29, 0.717) is 44.9 Å². The van der Waals surface area contributed by atoms with Crippen molar-refractivity contribution < 1.29 is 23.5 Å². The highest BCUT2D eigenvalue weighted by molar-refractivity contribution is 5.93. The molecule has 3 fully saturated rings. The Hall–Kier alpha value is -2.35. The highest BCUT2D eigenvalue weighted by atomic mass is 16.5. The molecule has 2 saturated heterocycles. The molecule has 0 bridgehead atoms. The maximum Gasteiger partial charge on any atom is 0.289 e. The van der Waals surface area contributed by atoms with Gasteiger partial charge in [0.1, 0.15) is 0 Å². The number of piperazine rings is 1. The third-order valence-corrected chi connectivity index (χ3v) is 5.58. The Morgan fingerprint density at radius 1 is 1.11 bits per heavy atom. The number of carbonyl (C=O) groups excluding carboxylic acids is 3. The normalized spacial score (nSPS) is 27.5. The average molecular weight is 375 g/mol. The minimum absolute atomic E-state index is 0.0253. The molecule has 3 amide bonds. The minimum atomic E-state index is -0.221. The molecule has 1 aromatic rings. The lowest BCUT2D eigenvalue weighted by molar-refractivity contribution is -0.136. The van der Waals surface area contributed by atoms with Crippen LogP contribution in [0.4, 0.5) is 0 Å². The van der Waals surface area contributed by atoms with E-state index in [2.05, 4.69) is 5.32 Å². The van der Waals surface area contributed by atoms with E-state index < -0.39 is 0 Å². The van der Waals surface area contributed by atoms with E-state index in [1.807, 2.05) is 0 Å². The van der Waals surface area contributed by atoms with Gasteiger partial charge in [-0.3, -0.25) is 14.4 Å². The van der Waals surface area contributed by atoms with Crippen molar-refractivity contribution in [3.8, 4) is 0 Å². The van der Waals surface area contributed by atoms with E-state index in [4.69, 9.17) is 9.15 Å². The Morgan fingerprint density at radius 3 is 2.56 bits per heavy atom. The molecule has 3 heterocycles. The van der Waals surface area contributed by atoms with Crippen LogP contribution in [0.1, 0.15) is 29.8 Å². The van der Waals surface area contributed by atoms with Crippen molar-refractivity contribution in [2.45, 2.75) is 25.4 Å². The molecule has 8 nitrogen and oxygen atoms in total. The van der Waals surface area contributed by atoms with E-state index in [9.17, 15) is 14.4 Å². The fourth-order valence-corrected chi connectivity index (χ4v) is 3.83. The zero-order valence-corrected chi connectivity index (χ0v) is 15.3. The summed E-state index contributed by atoms with van der Waals surface area (Å²) in [6, 6.07) is 3.33. The van der Waals surface area contributed by atoms with Crippen LogP contribution in [-0.2, 0) is 14.3 Å². The Bertz CT molecular complexity index is 690. The van der Waals surface area contributed by atoms with Crippen molar-refractivity contribution >= 4 is 17.7 Å². The fourth-order valence-electron chi connectivity index (χ4n) is 3.83. The van der Waals surface area contributed by atoms with Crippen molar-refractivity contribution in [3.05, 3.63) is 24.2 Å². The van der Waals surface area contributed by atoms with Crippen LogP contribution in [-0.4, -0.2) is 73.0 Å². The lowest BCUT2D eigenvalue weighted by Gasteiger charge is -2.34. The SMILES string of the molecule is O=C(NCC1CCCO1)C1CC1C(=O)N1CCN(C(=O)c2ccco2)CC1. The summed E-state index contributed by atoms with van der Waals surface area (Å²) < 4.78 is 10.6. The van der Waals surface area contributed by atoms with Crippen molar-refractivity contribution in [2.24, 2.45) is 11.8 Å². The number of hydrogen-bond acceptors (Lipinski definition) is 5. The van der Waals surface area contributed by atoms with Gasteiger partial charge in [0.15, 0.2) is 5.76 Å². The van der Waals surface area contributed by atoms with Crippen molar-refractivity contribution in [1.82, 2.24) is 15.1 Å². The molecule has 2 aliphatic heterocycles. The third kappa shape index (κ3) is 4.00. The predicted molar refractivity (Wildman–Crippen MR) is 94.8 cm³/mol. The standard InChI is InChI=1S/C19H25N3O5/c23-17(20-12-13-3-1-9-26-13)14-11-15(14)18(24)21-5-7-22(8-6-21)19(25)16-4-2-10-27-16/h2,4,10,13-15H,1,3,5-9,11-12H2,(H,20,23). The zero-order valence-electron chi connectivity index (χ0n) is 15.3. The van der Waals surface area contributed by atoms with Crippen LogP contribution >= 0.6 is 0 Å². The van der Waals surface area contributed by atoms with Gasteiger partial charge < -0.3 is 24.3 Å². The number of furan rings is 1. The van der Waals surface area contributed by atoms with Gasteiger partial charge >= 0.3 is 0 Å². The molecule has 4 rings (SSSR count). The summed E-state index contributed by atoms with van der Waals surface area (Å²) in [6.45, 7) is 3.24. The largest absolute Gasteiger partial charge is 0.459 e. The summed E-state index contributed by atoms with van der Waals surface area (Å²) in [6.07, 6.45) is 4.22. The first-order chi connectivity index (χ1) is 13.1. The molecule has 0 spiro atoms. The molecule has 146 valence electrons. The van der Waals surface area contributed by atoms with Crippen LogP contribution in [0.15, 0.2) is 22.8 Å². The second kappa shape index (κ2) is 7.72. The number of amides is 3. The van der Waals surface area contributed by atoms with Crippen molar-refractivity contribution in [3.63, 3.8) is 0 Å². The van der Waals surface area contributed by atoms with Crippen LogP contribution in [0.25, 0.3) is 0 Å². The summed E-state index contributed by atoms with van der Waals surface area (Å²) in [5.74, 6) is -0.291. The van der Waals surface area contributed by atoms with Gasteiger partial charge in [0.2, 0.25) is 11.8 Å². The number of rotatable bonds is 5. The molecule has 1 aromatic heterocycles. The monoisotopic (exact) mass is 375 g/mol. The number of hydrogen-bond donors (Lipinski definition) is 1. The first-order valence-electron chi connectivity index (χ1n) is 9.64. The van der Waals surface area contributed by atoms with Gasteiger partial charge in [-0.2, -0.15) is 0 Å². The van der Waals surface area contributed by atoms with E-state index in [1.54, 1.807) is 21.9 Å². The van der Waals surface area contributed by atoms with E-state index >= 15 is 0 Å². The second-order valence-electron chi connectivity index (χ2n) is 7.42. The topological polar surface area (TPSA) is 92.1 Å². The lowest BCUT2D eigenvalue weighted by Crippen LogP contribution is -2.51. The Morgan fingerprint density at radius 2 is 1.89 bits per heavy atom. The van der Waals surface area contributed by atoms with Gasteiger partial charge in [-0.15, -0.1) is 0 Å². The average Bonchev–Trinajstić information content (AvgIpc) is 3.09. The predicted octanol–water partition coefficient (Wildman–Crippen LogP) is 0.495. The fraction of sp³-hybridized carbons (Fsp3) is 0.632. The van der Waals surface area contributed by atoms with Crippen LogP contribution < -0.4 is 5.32 Å².